The summed E-state index contributed by atoms with van der Waals surface area (Å²) in [7, 11) is 0. The van der Waals surface area contributed by atoms with E-state index >= 15 is 0 Å². The molecule has 1 saturated heterocycles. The van der Waals surface area contributed by atoms with Crippen molar-refractivity contribution in [1.29, 1.82) is 0 Å². The number of rotatable bonds is 8. The maximum absolute atomic E-state index is 13.8. The second-order valence-electron chi connectivity index (χ2n) is 7.45. The Labute approximate surface area is 170 Å². The van der Waals surface area contributed by atoms with Crippen molar-refractivity contribution in [3.63, 3.8) is 0 Å². The first kappa shape index (κ1) is 21.1. The minimum absolute atomic E-state index is 0.164. The highest BCUT2D eigenvalue weighted by atomic mass is 32.2. The number of hydrogen-bond donors (Lipinski definition) is 2. The van der Waals surface area contributed by atoms with E-state index in [-0.39, 0.29) is 22.9 Å². The molecular formula is C21H29FN2O3S. The zero-order valence-electron chi connectivity index (χ0n) is 16.1. The summed E-state index contributed by atoms with van der Waals surface area (Å²) < 4.78 is 19.6. The van der Waals surface area contributed by atoms with Crippen LogP contribution in [0.5, 0.6) is 0 Å². The summed E-state index contributed by atoms with van der Waals surface area (Å²) in [5, 5.41) is 5.28. The lowest BCUT2D eigenvalue weighted by molar-refractivity contribution is -0.128. The molecule has 2 aliphatic rings. The van der Waals surface area contributed by atoms with Crippen molar-refractivity contribution in [3.8, 4) is 0 Å². The normalized spacial score (nSPS) is 23.2. The van der Waals surface area contributed by atoms with Gasteiger partial charge in [0.25, 0.3) is 0 Å². The summed E-state index contributed by atoms with van der Waals surface area (Å²) >= 11 is 1.41. The van der Waals surface area contributed by atoms with Gasteiger partial charge < -0.3 is 15.4 Å². The van der Waals surface area contributed by atoms with Crippen LogP contribution in [0.1, 0.15) is 44.1 Å². The Bertz CT molecular complexity index is 667. The van der Waals surface area contributed by atoms with Crippen molar-refractivity contribution in [1.82, 2.24) is 10.6 Å². The van der Waals surface area contributed by atoms with Crippen molar-refractivity contribution in [2.75, 3.05) is 18.9 Å². The van der Waals surface area contributed by atoms with Gasteiger partial charge in [-0.15, -0.1) is 11.8 Å². The first-order valence-electron chi connectivity index (χ1n) is 10.2. The SMILES string of the molecule is O=C1N[C@@H](C(=O)NCCCOC2CCCCC2)CS[C@H]1Cc1ccccc1F. The molecule has 1 heterocycles. The Morgan fingerprint density at radius 3 is 2.79 bits per heavy atom. The van der Waals surface area contributed by atoms with Crippen molar-refractivity contribution in [2.45, 2.75) is 62.3 Å². The van der Waals surface area contributed by atoms with Crippen molar-refractivity contribution >= 4 is 23.6 Å². The molecule has 1 aromatic rings. The summed E-state index contributed by atoms with van der Waals surface area (Å²) in [5.41, 5.74) is 0.524. The molecule has 1 saturated carbocycles. The van der Waals surface area contributed by atoms with Crippen LogP contribution >= 0.6 is 11.8 Å². The average Bonchev–Trinajstić information content (AvgIpc) is 2.71. The number of thioether (sulfide) groups is 1. The van der Waals surface area contributed by atoms with Gasteiger partial charge in [0.2, 0.25) is 11.8 Å². The van der Waals surface area contributed by atoms with E-state index in [2.05, 4.69) is 10.6 Å². The van der Waals surface area contributed by atoms with Gasteiger partial charge in [-0.25, -0.2) is 4.39 Å². The molecule has 1 aliphatic carbocycles. The fourth-order valence-corrected chi connectivity index (χ4v) is 4.82. The molecular weight excluding hydrogens is 379 g/mol. The van der Waals surface area contributed by atoms with Crippen LogP contribution in [-0.4, -0.2) is 48.1 Å². The average molecular weight is 409 g/mol. The van der Waals surface area contributed by atoms with E-state index in [0.717, 1.165) is 19.3 Å². The van der Waals surface area contributed by atoms with Gasteiger partial charge >= 0.3 is 0 Å². The highest BCUT2D eigenvalue weighted by Gasteiger charge is 2.32. The highest BCUT2D eigenvalue weighted by Crippen LogP contribution is 2.23. The summed E-state index contributed by atoms with van der Waals surface area (Å²) in [6.45, 7) is 1.20. The lowest BCUT2D eigenvalue weighted by Gasteiger charge is -2.28. The Kier molecular flexibility index (Phi) is 8.15. The molecule has 0 bridgehead atoms. The molecule has 7 heteroatoms. The first-order valence-corrected chi connectivity index (χ1v) is 11.2. The standard InChI is InChI=1S/C21H29FN2O3S/c22-17-10-5-4-7-15(17)13-19-21(26)24-18(14-28-19)20(25)23-11-6-12-27-16-8-2-1-3-9-16/h4-5,7,10,16,18-19H,1-3,6,8-9,11-14H2,(H,23,25)(H,24,26)/t18-,19+/m1/s1. The Hall–Kier alpha value is -1.60. The lowest BCUT2D eigenvalue weighted by atomic mass is 9.98. The molecule has 154 valence electrons. The predicted molar refractivity (Wildman–Crippen MR) is 109 cm³/mol. The second kappa shape index (κ2) is 10.8. The van der Waals surface area contributed by atoms with Crippen LogP contribution < -0.4 is 10.6 Å². The summed E-state index contributed by atoms with van der Waals surface area (Å²) in [4.78, 5) is 24.6. The molecule has 0 radical (unpaired) electrons. The number of halogens is 1. The number of hydrogen-bond acceptors (Lipinski definition) is 4. The lowest BCUT2D eigenvalue weighted by Crippen LogP contribution is -2.54. The molecule has 2 fully saturated rings. The molecule has 28 heavy (non-hydrogen) atoms. The van der Waals surface area contributed by atoms with Gasteiger partial charge in [0.1, 0.15) is 11.9 Å². The van der Waals surface area contributed by atoms with E-state index in [9.17, 15) is 14.0 Å². The molecule has 2 N–H and O–H groups in total. The maximum Gasteiger partial charge on any atom is 0.243 e. The van der Waals surface area contributed by atoms with Crippen LogP contribution in [0.25, 0.3) is 0 Å². The fraction of sp³-hybridized carbons (Fsp3) is 0.619. The van der Waals surface area contributed by atoms with E-state index in [1.807, 2.05) is 0 Å². The van der Waals surface area contributed by atoms with Crippen LogP contribution in [0, 0.1) is 5.82 Å². The largest absolute Gasteiger partial charge is 0.378 e. The van der Waals surface area contributed by atoms with Gasteiger partial charge in [0.05, 0.1) is 11.4 Å². The molecule has 0 spiro atoms. The van der Waals surface area contributed by atoms with Crippen LogP contribution in [0.15, 0.2) is 24.3 Å². The summed E-state index contributed by atoms with van der Waals surface area (Å²) in [6, 6.07) is 5.95. The van der Waals surface area contributed by atoms with Crippen LogP contribution in [0.4, 0.5) is 4.39 Å². The maximum atomic E-state index is 13.8. The highest BCUT2D eigenvalue weighted by molar-refractivity contribution is 8.00. The van der Waals surface area contributed by atoms with E-state index in [1.165, 1.54) is 37.1 Å². The second-order valence-corrected chi connectivity index (χ2v) is 8.69. The third kappa shape index (κ3) is 6.21. The Morgan fingerprint density at radius 1 is 1.25 bits per heavy atom. The van der Waals surface area contributed by atoms with Gasteiger partial charge in [0.15, 0.2) is 0 Å². The molecule has 2 amide bonds. The zero-order valence-corrected chi connectivity index (χ0v) is 16.9. The Morgan fingerprint density at radius 2 is 2.04 bits per heavy atom. The summed E-state index contributed by atoms with van der Waals surface area (Å²) in [5.74, 6) is -0.177. The van der Waals surface area contributed by atoms with Gasteiger partial charge in [0, 0.05) is 18.9 Å². The van der Waals surface area contributed by atoms with E-state index in [0.29, 0.717) is 37.0 Å². The summed E-state index contributed by atoms with van der Waals surface area (Å²) in [6.07, 6.45) is 7.57. The number of carbonyl (C=O) groups is 2. The molecule has 3 rings (SSSR count). The van der Waals surface area contributed by atoms with Crippen molar-refractivity contribution in [2.24, 2.45) is 0 Å². The van der Waals surface area contributed by atoms with Gasteiger partial charge in [-0.05, 0) is 37.3 Å². The monoisotopic (exact) mass is 408 g/mol. The fourth-order valence-electron chi connectivity index (χ4n) is 3.64. The molecule has 2 atom stereocenters. The molecule has 1 aliphatic heterocycles. The van der Waals surface area contributed by atoms with Gasteiger partial charge in [-0.3, -0.25) is 9.59 Å². The zero-order chi connectivity index (χ0) is 19.8. The van der Waals surface area contributed by atoms with Crippen molar-refractivity contribution in [3.05, 3.63) is 35.6 Å². The Balaban J connectivity index is 1.33. The predicted octanol–water partition coefficient (Wildman–Crippen LogP) is 2.82. The molecule has 5 nitrogen and oxygen atoms in total. The molecule has 0 aromatic heterocycles. The minimum atomic E-state index is -0.534. The third-order valence-corrected chi connectivity index (χ3v) is 6.59. The number of benzene rings is 1. The number of amides is 2. The van der Waals surface area contributed by atoms with Crippen LogP contribution in [0.3, 0.4) is 0 Å². The minimum Gasteiger partial charge on any atom is -0.378 e. The van der Waals surface area contributed by atoms with E-state index in [4.69, 9.17) is 4.74 Å². The molecule has 1 aromatic carbocycles. The van der Waals surface area contributed by atoms with Gasteiger partial charge in [-0.1, -0.05) is 37.5 Å². The van der Waals surface area contributed by atoms with Crippen molar-refractivity contribution < 1.29 is 18.7 Å². The topological polar surface area (TPSA) is 67.4 Å². The number of nitrogens with one attached hydrogen (secondary N) is 2. The number of carbonyl (C=O) groups excluding carboxylic acids is 2. The first-order chi connectivity index (χ1) is 13.6. The van der Waals surface area contributed by atoms with Crippen LogP contribution in [-0.2, 0) is 20.7 Å². The number of ether oxygens (including phenoxy) is 1. The van der Waals surface area contributed by atoms with E-state index in [1.54, 1.807) is 18.2 Å². The van der Waals surface area contributed by atoms with Gasteiger partial charge in [-0.2, -0.15) is 0 Å². The third-order valence-electron chi connectivity index (χ3n) is 5.28. The molecule has 0 unspecified atom stereocenters. The van der Waals surface area contributed by atoms with E-state index < -0.39 is 6.04 Å². The van der Waals surface area contributed by atoms with Crippen LogP contribution in [0.2, 0.25) is 0 Å². The quantitative estimate of drug-likeness (QED) is 0.649. The smallest absolute Gasteiger partial charge is 0.243 e.